The molecule has 210 valence electrons. The number of fused-ring (bicyclic) bond motifs is 11. The summed E-state index contributed by atoms with van der Waals surface area (Å²) in [7, 11) is 0. The molecule has 10 rings (SSSR count). The topological polar surface area (TPSA) is 17.8 Å². The Morgan fingerprint density at radius 2 is 1.02 bits per heavy atom. The third-order valence-corrected chi connectivity index (χ3v) is 9.88. The van der Waals surface area contributed by atoms with Crippen LogP contribution in [0.4, 0.5) is 0 Å². The molecule has 2 heterocycles. The number of aromatic nitrogens is 2. The maximum Gasteiger partial charge on any atom is 0.142 e. The lowest BCUT2D eigenvalue weighted by molar-refractivity contribution is 0.591. The van der Waals surface area contributed by atoms with Crippen LogP contribution < -0.4 is 10.4 Å². The second kappa shape index (κ2) is 9.38. The highest BCUT2D eigenvalue weighted by Gasteiger charge is 2.34. The molecular formula is C43H28N2. The number of para-hydroxylation sites is 2. The molecule has 2 atom stereocenters. The van der Waals surface area contributed by atoms with Crippen LogP contribution in [0.15, 0.2) is 146 Å². The molecule has 2 unspecified atom stereocenters. The lowest BCUT2D eigenvalue weighted by Crippen LogP contribution is -2.34. The van der Waals surface area contributed by atoms with E-state index in [1.807, 2.05) is 0 Å². The minimum atomic E-state index is 0.176. The molecule has 0 saturated carbocycles. The lowest BCUT2D eigenvalue weighted by atomic mass is 9.80. The Balaban J connectivity index is 1.10. The molecular weight excluding hydrogens is 544 g/mol. The van der Waals surface area contributed by atoms with E-state index < -0.39 is 0 Å². The normalized spacial score (nSPS) is 16.4. The predicted octanol–water partition coefficient (Wildman–Crippen LogP) is 9.26. The van der Waals surface area contributed by atoms with Gasteiger partial charge in [-0.3, -0.25) is 0 Å². The first-order valence-corrected chi connectivity index (χ1v) is 15.7. The Labute approximate surface area is 260 Å². The monoisotopic (exact) mass is 572 g/mol. The van der Waals surface area contributed by atoms with Crippen molar-refractivity contribution in [1.29, 1.82) is 0 Å². The summed E-state index contributed by atoms with van der Waals surface area (Å²) in [6.07, 6.45) is 4.91. The number of nitrogens with zero attached hydrogens (tertiary/aromatic N) is 2. The van der Waals surface area contributed by atoms with Crippen molar-refractivity contribution in [2.24, 2.45) is 0 Å². The van der Waals surface area contributed by atoms with Gasteiger partial charge in [-0.05, 0) is 96.2 Å². The van der Waals surface area contributed by atoms with Crippen LogP contribution in [0.5, 0.6) is 0 Å². The Hall–Kier alpha value is -5.73. The molecule has 0 saturated heterocycles. The Morgan fingerprint density at radius 1 is 0.467 bits per heavy atom. The smallest absolute Gasteiger partial charge is 0.142 e. The fourth-order valence-electron chi connectivity index (χ4n) is 7.63. The van der Waals surface area contributed by atoms with Gasteiger partial charge in [0.05, 0.1) is 17.1 Å². The molecule has 0 spiro atoms. The molecule has 2 heteroatoms. The molecule has 1 aromatic heterocycles. The highest BCUT2D eigenvalue weighted by atomic mass is 15.1. The van der Waals surface area contributed by atoms with Gasteiger partial charge in [0.1, 0.15) is 5.82 Å². The van der Waals surface area contributed by atoms with Gasteiger partial charge in [0.15, 0.2) is 0 Å². The molecule has 0 fully saturated rings. The summed E-state index contributed by atoms with van der Waals surface area (Å²) in [4.78, 5) is 5.16. The molecule has 1 aliphatic carbocycles. The number of rotatable bonds is 2. The van der Waals surface area contributed by atoms with E-state index in [4.69, 9.17) is 4.98 Å². The van der Waals surface area contributed by atoms with Gasteiger partial charge in [-0.25, -0.2) is 4.98 Å². The second-order valence-electron chi connectivity index (χ2n) is 12.4. The average molecular weight is 573 g/mol. The third-order valence-electron chi connectivity index (χ3n) is 9.88. The van der Waals surface area contributed by atoms with Crippen molar-refractivity contribution >= 4 is 44.7 Å². The summed E-state index contributed by atoms with van der Waals surface area (Å²) in [5.41, 5.74) is 9.78. The zero-order valence-corrected chi connectivity index (χ0v) is 24.6. The third kappa shape index (κ3) is 3.79. The molecule has 0 bridgehead atoms. The molecule has 45 heavy (non-hydrogen) atoms. The van der Waals surface area contributed by atoms with E-state index in [2.05, 4.69) is 162 Å². The molecule has 1 aliphatic heterocycles. The van der Waals surface area contributed by atoms with Crippen LogP contribution in [-0.4, -0.2) is 9.55 Å². The van der Waals surface area contributed by atoms with Crippen LogP contribution in [-0.2, 0) is 0 Å². The molecule has 0 amide bonds. The Kier molecular flexibility index (Phi) is 5.15. The second-order valence-corrected chi connectivity index (χ2v) is 12.4. The standard InChI is InChI=1S/C43H28N2/c1-2-8-28-21-31(14-13-27(28)7-1)32-15-16-34-23-35(18-17-33(34)22-32)36-19-20-37-38(24-36)39-25-29-9-3-4-10-30(29)26-42(39)45-41-12-6-5-11-40(41)44-43(37)45/h1-26,39,42H. The number of hydrogen-bond acceptors (Lipinski definition) is 1. The zero-order valence-electron chi connectivity index (χ0n) is 24.6. The van der Waals surface area contributed by atoms with Gasteiger partial charge >= 0.3 is 0 Å². The predicted molar refractivity (Wildman–Crippen MR) is 187 cm³/mol. The molecule has 7 aromatic carbocycles. The molecule has 2 nitrogen and oxygen atoms in total. The Morgan fingerprint density at radius 3 is 1.78 bits per heavy atom. The molecule has 0 N–H and O–H groups in total. The minimum Gasteiger partial charge on any atom is -0.316 e. The fraction of sp³-hybridized carbons (Fsp3) is 0.0465. The lowest BCUT2D eigenvalue weighted by Gasteiger charge is -2.34. The van der Waals surface area contributed by atoms with Crippen molar-refractivity contribution in [2.75, 3.05) is 0 Å². The van der Waals surface area contributed by atoms with Gasteiger partial charge in [0.2, 0.25) is 0 Å². The SMILES string of the molecule is C1=c2ccccc2=CC2C1c1cc(-c3ccc4cc(-c5ccc6ccccc6c5)ccc4c3)ccc1-c1nc3ccccc3n12. The van der Waals surface area contributed by atoms with E-state index in [0.29, 0.717) is 0 Å². The van der Waals surface area contributed by atoms with Crippen molar-refractivity contribution in [3.63, 3.8) is 0 Å². The van der Waals surface area contributed by atoms with Gasteiger partial charge in [0, 0.05) is 11.5 Å². The summed E-state index contributed by atoms with van der Waals surface area (Å²) in [6, 6.07) is 53.4. The highest BCUT2D eigenvalue weighted by Crippen LogP contribution is 2.47. The van der Waals surface area contributed by atoms with Crippen molar-refractivity contribution < 1.29 is 0 Å². The fourth-order valence-corrected chi connectivity index (χ4v) is 7.63. The van der Waals surface area contributed by atoms with Gasteiger partial charge in [-0.15, -0.1) is 0 Å². The van der Waals surface area contributed by atoms with Crippen molar-refractivity contribution in [3.05, 3.63) is 162 Å². The van der Waals surface area contributed by atoms with Gasteiger partial charge in [-0.2, -0.15) is 0 Å². The molecule has 2 aliphatic rings. The number of hydrogen-bond donors (Lipinski definition) is 0. The quantitative estimate of drug-likeness (QED) is 0.202. The van der Waals surface area contributed by atoms with Crippen LogP contribution in [0, 0.1) is 0 Å². The van der Waals surface area contributed by atoms with Gasteiger partial charge in [-0.1, -0.05) is 121 Å². The average Bonchev–Trinajstić information content (AvgIpc) is 3.50. The van der Waals surface area contributed by atoms with Crippen molar-refractivity contribution in [3.8, 4) is 33.6 Å². The number of benzene rings is 7. The van der Waals surface area contributed by atoms with Crippen LogP contribution in [0.1, 0.15) is 17.5 Å². The van der Waals surface area contributed by atoms with Crippen LogP contribution in [0.2, 0.25) is 0 Å². The first-order valence-electron chi connectivity index (χ1n) is 15.7. The maximum atomic E-state index is 5.16. The van der Waals surface area contributed by atoms with Crippen LogP contribution in [0.25, 0.3) is 78.4 Å². The summed E-state index contributed by atoms with van der Waals surface area (Å²) < 4.78 is 2.46. The van der Waals surface area contributed by atoms with Gasteiger partial charge in [0.25, 0.3) is 0 Å². The van der Waals surface area contributed by atoms with E-state index in [0.717, 1.165) is 11.3 Å². The molecule has 8 aromatic rings. The summed E-state index contributed by atoms with van der Waals surface area (Å²) in [5, 5.41) is 7.64. The van der Waals surface area contributed by atoms with E-state index >= 15 is 0 Å². The van der Waals surface area contributed by atoms with Crippen LogP contribution in [0.3, 0.4) is 0 Å². The first-order chi connectivity index (χ1) is 22.3. The largest absolute Gasteiger partial charge is 0.316 e. The number of imidazole rings is 1. The van der Waals surface area contributed by atoms with Crippen LogP contribution >= 0.6 is 0 Å². The highest BCUT2D eigenvalue weighted by molar-refractivity contribution is 5.94. The minimum absolute atomic E-state index is 0.176. The van der Waals surface area contributed by atoms with E-state index in [1.54, 1.807) is 0 Å². The molecule has 0 radical (unpaired) electrons. The van der Waals surface area contributed by atoms with E-state index in [-0.39, 0.29) is 12.0 Å². The van der Waals surface area contributed by atoms with E-state index in [9.17, 15) is 0 Å². The first kappa shape index (κ1) is 24.7. The maximum absolute atomic E-state index is 5.16. The Bertz CT molecular complexity index is 2620. The van der Waals surface area contributed by atoms with E-state index in [1.165, 1.54) is 70.9 Å². The van der Waals surface area contributed by atoms with Gasteiger partial charge < -0.3 is 4.57 Å². The van der Waals surface area contributed by atoms with Crippen molar-refractivity contribution in [2.45, 2.75) is 12.0 Å². The summed E-state index contributed by atoms with van der Waals surface area (Å²) in [5.74, 6) is 1.28. The zero-order chi connectivity index (χ0) is 29.5. The summed E-state index contributed by atoms with van der Waals surface area (Å²) in [6.45, 7) is 0. The van der Waals surface area contributed by atoms with Crippen molar-refractivity contribution in [1.82, 2.24) is 9.55 Å². The summed E-state index contributed by atoms with van der Waals surface area (Å²) >= 11 is 0.